The van der Waals surface area contributed by atoms with Gasteiger partial charge in [-0.25, -0.2) is 8.78 Å². The summed E-state index contributed by atoms with van der Waals surface area (Å²) in [5, 5.41) is 25.3. The second-order valence-electron chi connectivity index (χ2n) is 22.6. The van der Waals surface area contributed by atoms with E-state index in [1.807, 2.05) is 12.1 Å². The van der Waals surface area contributed by atoms with Gasteiger partial charge in [-0.05, 0) is 154 Å². The standard InChI is InChI=1S/C56H56F2N2O10/c57-36-23-31(5-11-44(63)67-40-9-7-33-25-42-55(65)15-13-38(61)51-53(55,47(33)49(40)69-51)17-19-59(42)27-29-1-2-29)21-35-22-32(24-37(58)46(35)36)6-12-45(64)68-41-10-8-34-26-43-56(66)16-14-39(62)52-54(56,48(34)50(41)70-52)18-20-60(43)28-30-3-4-30/h7-10,21-24,29-30,42-43,51-52,65-66H,1-6,11-20,25-28H2/t42-,43-,51+,52+,53+,54+,55-,56-/m1/s1. The normalized spacial score (nSPS) is 33.1. The first-order valence-electron chi connectivity index (χ1n) is 25.7. The molecule has 0 unspecified atom stereocenters. The van der Waals surface area contributed by atoms with Crippen molar-refractivity contribution < 1.29 is 57.1 Å². The molecule has 4 aliphatic heterocycles. The fourth-order valence-electron chi connectivity index (χ4n) is 15.3. The van der Waals surface area contributed by atoms with Gasteiger partial charge in [-0.15, -0.1) is 0 Å². The zero-order chi connectivity index (χ0) is 47.6. The summed E-state index contributed by atoms with van der Waals surface area (Å²) < 4.78 is 56.0. The van der Waals surface area contributed by atoms with Crippen LogP contribution in [0.2, 0.25) is 0 Å². The molecular formula is C56H56F2N2O10. The number of piperidine rings is 2. The average molecular weight is 955 g/mol. The van der Waals surface area contributed by atoms with E-state index in [1.54, 1.807) is 24.3 Å². The van der Waals surface area contributed by atoms with Crippen LogP contribution in [0.5, 0.6) is 23.0 Å². The predicted octanol–water partition coefficient (Wildman–Crippen LogP) is 6.46. The third-order valence-corrected chi connectivity index (χ3v) is 18.8. The Morgan fingerprint density at radius 2 is 1.09 bits per heavy atom. The molecule has 2 N–H and O–H groups in total. The molecule has 4 aromatic rings. The number of Topliss-reactive ketones (excluding diaryl/α,β-unsaturated/α-hetero) is 2. The molecule has 4 heterocycles. The highest BCUT2D eigenvalue weighted by atomic mass is 19.1. The van der Waals surface area contributed by atoms with Gasteiger partial charge >= 0.3 is 11.9 Å². The summed E-state index contributed by atoms with van der Waals surface area (Å²) in [7, 11) is 0. The summed E-state index contributed by atoms with van der Waals surface area (Å²) >= 11 is 0. The number of ketones is 2. The van der Waals surface area contributed by atoms with Gasteiger partial charge in [0.15, 0.2) is 46.8 Å². The van der Waals surface area contributed by atoms with Crippen molar-refractivity contribution in [2.75, 3.05) is 26.2 Å². The van der Waals surface area contributed by atoms with Gasteiger partial charge in [0.25, 0.3) is 0 Å². The average Bonchev–Trinajstić information content (AvgIpc) is 4.26. The number of halogens is 2. The molecule has 14 rings (SSSR count). The molecule has 2 spiro atoms. The topological polar surface area (TPSA) is 152 Å². The lowest BCUT2D eigenvalue weighted by Gasteiger charge is -2.62. The minimum absolute atomic E-state index is 0.0503. The summed E-state index contributed by atoms with van der Waals surface area (Å²) in [6, 6.07) is 12.7. The summed E-state index contributed by atoms with van der Waals surface area (Å²) in [6.45, 7) is 3.40. The Hall–Kier alpha value is -5.28. The molecule has 0 amide bonds. The van der Waals surface area contributed by atoms with Crippen molar-refractivity contribution in [3.63, 3.8) is 0 Å². The van der Waals surface area contributed by atoms with Crippen LogP contribution < -0.4 is 18.9 Å². The molecule has 12 nitrogen and oxygen atoms in total. The molecule has 2 saturated heterocycles. The van der Waals surface area contributed by atoms with E-state index in [0.29, 0.717) is 73.0 Å². The molecule has 10 aliphatic rings. The van der Waals surface area contributed by atoms with E-state index in [4.69, 9.17) is 18.9 Å². The molecule has 0 aromatic heterocycles. The molecule has 70 heavy (non-hydrogen) atoms. The maximum atomic E-state index is 15.6. The van der Waals surface area contributed by atoms with E-state index in [0.717, 1.165) is 48.4 Å². The number of fused-ring (bicyclic) bond motifs is 1. The monoisotopic (exact) mass is 954 g/mol. The first-order valence-corrected chi connectivity index (χ1v) is 25.7. The third kappa shape index (κ3) is 6.05. The van der Waals surface area contributed by atoms with Gasteiger partial charge in [0.2, 0.25) is 0 Å². The molecule has 14 heteroatoms. The molecule has 8 atom stereocenters. The van der Waals surface area contributed by atoms with Crippen LogP contribution in [0.4, 0.5) is 8.78 Å². The second kappa shape index (κ2) is 15.1. The molecule has 364 valence electrons. The molecule has 0 radical (unpaired) electrons. The Kier molecular flexibility index (Phi) is 9.40. The summed E-state index contributed by atoms with van der Waals surface area (Å²) in [6.07, 6.45) is 6.59. The highest BCUT2D eigenvalue weighted by Crippen LogP contribution is 2.67. The lowest BCUT2D eigenvalue weighted by Crippen LogP contribution is -2.76. The van der Waals surface area contributed by atoms with E-state index in [-0.39, 0.29) is 84.4 Å². The van der Waals surface area contributed by atoms with Crippen molar-refractivity contribution in [2.45, 2.75) is 149 Å². The SMILES string of the molecule is O=C(CCc1cc(F)c2c(F)cc(CCC(=O)Oc3ccc4c5c3O[C@H]3C(=O)CC[C@@]6(O)[C@@H](C4)N(CC4CC4)CC[C@]536)cc2c1)Oc1ccc2c3c1O[C@H]1C(=O)CC[C@@]4(O)[C@@H](C2)N(CC2CC2)CC[C@]314. The number of aliphatic hydroxyl groups is 2. The Labute approximate surface area is 403 Å². The Bertz CT molecular complexity index is 2810. The minimum Gasteiger partial charge on any atom is -0.477 e. The smallest absolute Gasteiger partial charge is 0.311 e. The number of ether oxygens (including phenoxy) is 4. The lowest BCUT2D eigenvalue weighted by molar-refractivity contribution is -0.188. The van der Waals surface area contributed by atoms with Crippen molar-refractivity contribution in [1.82, 2.24) is 9.80 Å². The summed E-state index contributed by atoms with van der Waals surface area (Å²) in [5.74, 6) is -0.463. The first kappa shape index (κ1) is 43.5. The number of aryl methyl sites for hydroxylation is 2. The molecule has 4 saturated carbocycles. The minimum atomic E-state index is -1.15. The van der Waals surface area contributed by atoms with Gasteiger partial charge in [0.05, 0.1) is 27.4 Å². The molecule has 6 aliphatic carbocycles. The number of carbonyl (C=O) groups excluding carboxylic acids is 4. The van der Waals surface area contributed by atoms with Crippen LogP contribution in [0.1, 0.15) is 110 Å². The maximum absolute atomic E-state index is 15.6. The van der Waals surface area contributed by atoms with Gasteiger partial charge in [-0.2, -0.15) is 0 Å². The van der Waals surface area contributed by atoms with Crippen LogP contribution in [0.15, 0.2) is 48.5 Å². The predicted molar refractivity (Wildman–Crippen MR) is 248 cm³/mol. The number of hydrogen-bond acceptors (Lipinski definition) is 12. The van der Waals surface area contributed by atoms with Crippen LogP contribution in [-0.2, 0) is 55.7 Å². The number of nitrogens with zero attached hydrogens (tertiary/aromatic N) is 2. The first-order chi connectivity index (χ1) is 33.8. The van der Waals surface area contributed by atoms with Crippen molar-refractivity contribution in [3.8, 4) is 23.0 Å². The van der Waals surface area contributed by atoms with Gasteiger partial charge in [-0.3, -0.25) is 29.0 Å². The van der Waals surface area contributed by atoms with Crippen LogP contribution in [0.3, 0.4) is 0 Å². The number of likely N-dealkylation sites (tertiary alicyclic amines) is 2. The zero-order valence-corrected chi connectivity index (χ0v) is 39.0. The molecular weight excluding hydrogens is 899 g/mol. The zero-order valence-electron chi connectivity index (χ0n) is 39.0. The lowest BCUT2D eigenvalue weighted by atomic mass is 9.49. The quantitative estimate of drug-likeness (QED) is 0.119. The van der Waals surface area contributed by atoms with Gasteiger partial charge in [0, 0.05) is 62.0 Å². The van der Waals surface area contributed by atoms with E-state index < -0.39 is 57.8 Å². The number of benzene rings is 4. The summed E-state index contributed by atoms with van der Waals surface area (Å²) in [5.41, 5.74) is 0.388. The summed E-state index contributed by atoms with van der Waals surface area (Å²) in [4.78, 5) is 59.0. The van der Waals surface area contributed by atoms with Crippen LogP contribution in [0.25, 0.3) is 10.8 Å². The highest BCUT2D eigenvalue weighted by Gasteiger charge is 2.75. The largest absolute Gasteiger partial charge is 0.477 e. The van der Waals surface area contributed by atoms with Gasteiger partial charge in [0.1, 0.15) is 11.6 Å². The number of hydrogen-bond donors (Lipinski definition) is 2. The molecule has 6 fully saturated rings. The molecule has 4 aromatic carbocycles. The van der Waals surface area contributed by atoms with E-state index >= 15 is 8.78 Å². The van der Waals surface area contributed by atoms with Crippen LogP contribution >= 0.6 is 0 Å². The number of rotatable bonds is 12. The van der Waals surface area contributed by atoms with Gasteiger partial charge < -0.3 is 29.2 Å². The fraction of sp³-hybridized carbons (Fsp3) is 0.536. The van der Waals surface area contributed by atoms with Crippen molar-refractivity contribution in [1.29, 1.82) is 0 Å². The van der Waals surface area contributed by atoms with E-state index in [1.165, 1.54) is 37.8 Å². The fourth-order valence-corrected chi connectivity index (χ4v) is 15.3. The highest BCUT2D eigenvalue weighted by molar-refractivity contribution is 5.92. The Balaban J connectivity index is 0.664. The van der Waals surface area contributed by atoms with E-state index in [9.17, 15) is 29.4 Å². The number of carbonyl (C=O) groups is 4. The molecule has 4 bridgehead atoms. The van der Waals surface area contributed by atoms with Crippen molar-refractivity contribution in [3.05, 3.63) is 93.5 Å². The van der Waals surface area contributed by atoms with Crippen molar-refractivity contribution in [2.24, 2.45) is 11.8 Å². The van der Waals surface area contributed by atoms with Crippen LogP contribution in [0, 0.1) is 23.5 Å². The third-order valence-electron chi connectivity index (χ3n) is 18.8. The number of esters is 2. The van der Waals surface area contributed by atoms with E-state index in [2.05, 4.69) is 9.80 Å². The Morgan fingerprint density at radius 3 is 1.51 bits per heavy atom. The maximum Gasteiger partial charge on any atom is 0.311 e. The van der Waals surface area contributed by atoms with Crippen LogP contribution in [-0.4, -0.2) is 105 Å². The second-order valence-corrected chi connectivity index (χ2v) is 22.6. The van der Waals surface area contributed by atoms with Crippen molar-refractivity contribution >= 4 is 34.3 Å². The Morgan fingerprint density at radius 1 is 0.643 bits per heavy atom. The van der Waals surface area contributed by atoms with Gasteiger partial charge in [-0.1, -0.05) is 24.3 Å².